The van der Waals surface area contributed by atoms with E-state index in [9.17, 15) is 4.79 Å². The standard InChI is InChI=1S/C17H30N2O.ClH/c18-15-6-4-5-14(11-15)17(20)19(12-13-9-10-13)16-7-2-1-3-8-16;/h13-16H,1-12,18H2;1H. The van der Waals surface area contributed by atoms with Crippen molar-refractivity contribution >= 4 is 18.3 Å². The smallest absolute Gasteiger partial charge is 0.225 e. The molecule has 3 fully saturated rings. The van der Waals surface area contributed by atoms with Crippen molar-refractivity contribution in [1.82, 2.24) is 4.90 Å². The third-order valence-electron chi connectivity index (χ3n) is 5.51. The zero-order chi connectivity index (χ0) is 13.9. The maximum Gasteiger partial charge on any atom is 0.225 e. The molecule has 0 spiro atoms. The van der Waals surface area contributed by atoms with Crippen LogP contribution in [0.25, 0.3) is 0 Å². The van der Waals surface area contributed by atoms with Crippen molar-refractivity contribution in [2.75, 3.05) is 6.54 Å². The Hall–Kier alpha value is -0.280. The number of amides is 1. The highest BCUT2D eigenvalue weighted by atomic mass is 35.5. The van der Waals surface area contributed by atoms with E-state index < -0.39 is 0 Å². The second-order valence-corrected chi connectivity index (χ2v) is 7.35. The van der Waals surface area contributed by atoms with Crippen LogP contribution in [0.5, 0.6) is 0 Å². The van der Waals surface area contributed by atoms with E-state index in [-0.39, 0.29) is 24.4 Å². The summed E-state index contributed by atoms with van der Waals surface area (Å²) in [5.74, 6) is 1.47. The van der Waals surface area contributed by atoms with E-state index in [1.54, 1.807) is 0 Å². The van der Waals surface area contributed by atoms with E-state index in [1.807, 2.05) is 0 Å². The Labute approximate surface area is 135 Å². The van der Waals surface area contributed by atoms with Gasteiger partial charge in [0.1, 0.15) is 0 Å². The molecule has 2 N–H and O–H groups in total. The second-order valence-electron chi connectivity index (χ2n) is 7.35. The van der Waals surface area contributed by atoms with Crippen LogP contribution in [0.4, 0.5) is 0 Å². The molecule has 3 aliphatic rings. The van der Waals surface area contributed by atoms with Crippen LogP contribution < -0.4 is 5.73 Å². The lowest BCUT2D eigenvalue weighted by Crippen LogP contribution is -2.47. The van der Waals surface area contributed by atoms with E-state index >= 15 is 0 Å². The van der Waals surface area contributed by atoms with Crippen molar-refractivity contribution in [2.45, 2.75) is 82.7 Å². The minimum absolute atomic E-state index is 0. The van der Waals surface area contributed by atoms with Crippen LogP contribution in [-0.4, -0.2) is 29.4 Å². The number of carbonyl (C=O) groups is 1. The maximum absolute atomic E-state index is 13.0. The molecule has 0 aromatic heterocycles. The number of nitrogens with zero attached hydrogens (tertiary/aromatic N) is 1. The summed E-state index contributed by atoms with van der Waals surface area (Å²) in [6.07, 6.45) is 13.3. The number of hydrogen-bond acceptors (Lipinski definition) is 2. The van der Waals surface area contributed by atoms with E-state index in [1.165, 1.54) is 44.9 Å². The Morgan fingerprint density at radius 1 is 0.952 bits per heavy atom. The average molecular weight is 315 g/mol. The topological polar surface area (TPSA) is 46.3 Å². The molecule has 21 heavy (non-hydrogen) atoms. The van der Waals surface area contributed by atoms with Gasteiger partial charge in [-0.3, -0.25) is 4.79 Å². The summed E-state index contributed by atoms with van der Waals surface area (Å²) in [5.41, 5.74) is 6.08. The van der Waals surface area contributed by atoms with Crippen molar-refractivity contribution in [2.24, 2.45) is 17.6 Å². The molecular formula is C17H31ClN2O. The largest absolute Gasteiger partial charge is 0.339 e. The highest BCUT2D eigenvalue weighted by Gasteiger charge is 2.36. The van der Waals surface area contributed by atoms with Gasteiger partial charge in [-0.2, -0.15) is 0 Å². The Morgan fingerprint density at radius 2 is 1.67 bits per heavy atom. The first-order valence-electron chi connectivity index (χ1n) is 8.80. The molecule has 3 rings (SSSR count). The number of nitrogens with two attached hydrogens (primary N) is 1. The maximum atomic E-state index is 13.0. The van der Waals surface area contributed by atoms with Crippen molar-refractivity contribution in [3.8, 4) is 0 Å². The van der Waals surface area contributed by atoms with Crippen LogP contribution in [-0.2, 0) is 4.79 Å². The Morgan fingerprint density at radius 3 is 2.29 bits per heavy atom. The molecular weight excluding hydrogens is 284 g/mol. The van der Waals surface area contributed by atoms with Crippen molar-refractivity contribution in [3.05, 3.63) is 0 Å². The third kappa shape index (κ3) is 4.59. The Bertz CT molecular complexity index is 340. The van der Waals surface area contributed by atoms with E-state index in [2.05, 4.69) is 4.90 Å². The van der Waals surface area contributed by atoms with Crippen LogP contribution in [0.2, 0.25) is 0 Å². The van der Waals surface area contributed by atoms with Crippen LogP contribution in [0, 0.1) is 11.8 Å². The van der Waals surface area contributed by atoms with Crippen molar-refractivity contribution in [1.29, 1.82) is 0 Å². The third-order valence-corrected chi connectivity index (χ3v) is 5.51. The fourth-order valence-corrected chi connectivity index (χ4v) is 4.08. The molecule has 0 aliphatic heterocycles. The van der Waals surface area contributed by atoms with E-state index in [0.717, 1.165) is 38.1 Å². The molecule has 0 aromatic carbocycles. The molecule has 3 nitrogen and oxygen atoms in total. The van der Waals surface area contributed by atoms with Gasteiger partial charge in [0, 0.05) is 24.5 Å². The quantitative estimate of drug-likeness (QED) is 0.863. The zero-order valence-electron chi connectivity index (χ0n) is 13.1. The molecule has 2 unspecified atom stereocenters. The average Bonchev–Trinajstić information content (AvgIpc) is 3.29. The number of carbonyl (C=O) groups excluding carboxylic acids is 1. The lowest BCUT2D eigenvalue weighted by Gasteiger charge is -2.38. The van der Waals surface area contributed by atoms with Crippen LogP contribution in [0.1, 0.15) is 70.6 Å². The molecule has 2 atom stereocenters. The molecule has 0 radical (unpaired) electrons. The van der Waals surface area contributed by atoms with E-state index in [4.69, 9.17) is 5.73 Å². The Kier molecular flexibility index (Phi) is 6.36. The summed E-state index contributed by atoms with van der Waals surface area (Å²) in [6, 6.07) is 0.793. The molecule has 1 amide bonds. The summed E-state index contributed by atoms with van der Waals surface area (Å²) in [5, 5.41) is 0. The highest BCUT2D eigenvalue weighted by molar-refractivity contribution is 5.85. The lowest BCUT2D eigenvalue weighted by molar-refractivity contribution is -0.140. The van der Waals surface area contributed by atoms with Gasteiger partial charge >= 0.3 is 0 Å². The number of hydrogen-bond donors (Lipinski definition) is 1. The minimum atomic E-state index is 0. The molecule has 0 bridgehead atoms. The second kappa shape index (κ2) is 7.82. The van der Waals surface area contributed by atoms with Gasteiger partial charge in [0.05, 0.1) is 0 Å². The summed E-state index contributed by atoms with van der Waals surface area (Å²) < 4.78 is 0. The van der Waals surface area contributed by atoms with Gasteiger partial charge in [-0.15, -0.1) is 12.4 Å². The minimum Gasteiger partial charge on any atom is -0.339 e. The fraction of sp³-hybridized carbons (Fsp3) is 0.941. The SMILES string of the molecule is Cl.NC1CCCC(C(=O)N(CC2CC2)C2CCCCC2)C1. The van der Waals surface area contributed by atoms with Crippen LogP contribution in [0.3, 0.4) is 0 Å². The zero-order valence-corrected chi connectivity index (χ0v) is 14.0. The van der Waals surface area contributed by atoms with E-state index in [0.29, 0.717) is 11.9 Å². The van der Waals surface area contributed by atoms with Crippen molar-refractivity contribution < 1.29 is 4.79 Å². The number of halogens is 1. The van der Waals surface area contributed by atoms with Gasteiger partial charge in [-0.05, 0) is 50.9 Å². The predicted octanol–water partition coefficient (Wildman–Crippen LogP) is 3.50. The van der Waals surface area contributed by atoms with Crippen LogP contribution >= 0.6 is 12.4 Å². The molecule has 0 aromatic rings. The van der Waals surface area contributed by atoms with Gasteiger partial charge in [-0.1, -0.05) is 25.7 Å². The molecule has 4 heteroatoms. The summed E-state index contributed by atoms with van der Waals surface area (Å²) in [7, 11) is 0. The van der Waals surface area contributed by atoms with Gasteiger partial charge in [0.25, 0.3) is 0 Å². The van der Waals surface area contributed by atoms with Gasteiger partial charge < -0.3 is 10.6 Å². The Balaban J connectivity index is 0.00000161. The monoisotopic (exact) mass is 314 g/mol. The summed E-state index contributed by atoms with van der Waals surface area (Å²) in [6.45, 7) is 1.04. The van der Waals surface area contributed by atoms with Gasteiger partial charge in [0.15, 0.2) is 0 Å². The summed E-state index contributed by atoms with van der Waals surface area (Å²) in [4.78, 5) is 15.3. The molecule has 0 heterocycles. The predicted molar refractivity (Wildman–Crippen MR) is 88.5 cm³/mol. The highest BCUT2D eigenvalue weighted by Crippen LogP contribution is 2.35. The first kappa shape index (κ1) is 17.1. The molecule has 3 saturated carbocycles. The number of rotatable bonds is 4. The lowest BCUT2D eigenvalue weighted by atomic mass is 9.84. The van der Waals surface area contributed by atoms with Gasteiger partial charge in [-0.25, -0.2) is 0 Å². The van der Waals surface area contributed by atoms with Gasteiger partial charge in [0.2, 0.25) is 5.91 Å². The first-order chi connectivity index (χ1) is 9.74. The van der Waals surface area contributed by atoms with Crippen molar-refractivity contribution in [3.63, 3.8) is 0 Å². The summed E-state index contributed by atoms with van der Waals surface area (Å²) >= 11 is 0. The fourth-order valence-electron chi connectivity index (χ4n) is 4.08. The first-order valence-corrected chi connectivity index (χ1v) is 8.80. The molecule has 122 valence electrons. The molecule has 3 aliphatic carbocycles. The normalized spacial score (nSPS) is 30.5. The van der Waals surface area contributed by atoms with Crippen LogP contribution in [0.15, 0.2) is 0 Å². The molecule has 0 saturated heterocycles.